The highest BCUT2D eigenvalue weighted by molar-refractivity contribution is 5.85. The number of hydrogen-bond acceptors (Lipinski definition) is 2. The molecule has 0 saturated carbocycles. The van der Waals surface area contributed by atoms with Crippen molar-refractivity contribution in [3.05, 3.63) is 35.4 Å². The van der Waals surface area contributed by atoms with Crippen LogP contribution in [0.4, 0.5) is 0 Å². The van der Waals surface area contributed by atoms with Crippen molar-refractivity contribution in [3.63, 3.8) is 0 Å². The van der Waals surface area contributed by atoms with Gasteiger partial charge in [0.1, 0.15) is 0 Å². The van der Waals surface area contributed by atoms with Crippen LogP contribution in [0.5, 0.6) is 0 Å². The Labute approximate surface area is 120 Å². The molecule has 1 saturated heterocycles. The minimum atomic E-state index is 0. The van der Waals surface area contributed by atoms with Crippen LogP contribution in [-0.2, 0) is 11.2 Å². The van der Waals surface area contributed by atoms with Crippen molar-refractivity contribution >= 4 is 18.3 Å². The van der Waals surface area contributed by atoms with Gasteiger partial charge in [0.2, 0.25) is 5.91 Å². The summed E-state index contributed by atoms with van der Waals surface area (Å²) >= 11 is 0. The summed E-state index contributed by atoms with van der Waals surface area (Å²) in [5.41, 5.74) is 2.62. The minimum absolute atomic E-state index is 0. The van der Waals surface area contributed by atoms with Crippen molar-refractivity contribution in [2.24, 2.45) is 0 Å². The number of carbonyl (C=O) groups excluding carboxylic acids is 1. The number of nitrogens with one attached hydrogen (secondary N) is 1. The second-order valence-corrected chi connectivity index (χ2v) is 5.37. The average molecular weight is 281 g/mol. The third kappa shape index (κ3) is 2.63. The molecule has 1 amide bonds. The number of hydrogen-bond donors (Lipinski definition) is 1. The average Bonchev–Trinajstić information content (AvgIpc) is 2.82. The topological polar surface area (TPSA) is 32.3 Å². The van der Waals surface area contributed by atoms with E-state index < -0.39 is 0 Å². The molecule has 1 aliphatic carbocycles. The molecule has 1 fully saturated rings. The second kappa shape index (κ2) is 5.93. The summed E-state index contributed by atoms with van der Waals surface area (Å²) in [6.45, 7) is 4.81. The second-order valence-electron chi connectivity index (χ2n) is 5.37. The molecule has 1 aliphatic heterocycles. The summed E-state index contributed by atoms with van der Waals surface area (Å²) in [6.07, 6.45) is 2.03. The van der Waals surface area contributed by atoms with Crippen LogP contribution in [0, 0.1) is 0 Å². The SMILES string of the molecule is C[C@@H]1CNCCN1C(=O)C1CCc2ccccc21.Cl. The molecule has 4 heteroatoms. The van der Waals surface area contributed by atoms with Gasteiger partial charge in [-0.05, 0) is 30.9 Å². The molecule has 1 unspecified atom stereocenters. The Morgan fingerprint density at radius 1 is 1.37 bits per heavy atom. The molecule has 0 aromatic heterocycles. The fourth-order valence-corrected chi connectivity index (χ4v) is 3.18. The molecule has 1 aromatic rings. The number of aryl methyl sites for hydroxylation is 1. The molecule has 1 aromatic carbocycles. The van der Waals surface area contributed by atoms with Crippen LogP contribution >= 0.6 is 12.4 Å². The molecule has 2 aliphatic rings. The minimum Gasteiger partial charge on any atom is -0.337 e. The lowest BCUT2D eigenvalue weighted by Crippen LogP contribution is -2.53. The van der Waals surface area contributed by atoms with Gasteiger partial charge in [-0.1, -0.05) is 24.3 Å². The molecular weight excluding hydrogens is 260 g/mol. The Morgan fingerprint density at radius 2 is 2.16 bits per heavy atom. The highest BCUT2D eigenvalue weighted by Crippen LogP contribution is 2.34. The Kier molecular flexibility index (Phi) is 4.48. The van der Waals surface area contributed by atoms with Crippen molar-refractivity contribution in [1.29, 1.82) is 0 Å². The van der Waals surface area contributed by atoms with Gasteiger partial charge in [0, 0.05) is 25.7 Å². The maximum Gasteiger partial charge on any atom is 0.230 e. The van der Waals surface area contributed by atoms with E-state index in [9.17, 15) is 4.79 Å². The zero-order chi connectivity index (χ0) is 12.5. The van der Waals surface area contributed by atoms with Crippen molar-refractivity contribution in [2.45, 2.75) is 31.7 Å². The quantitative estimate of drug-likeness (QED) is 0.853. The molecule has 2 atom stereocenters. The number of piperazine rings is 1. The van der Waals surface area contributed by atoms with Gasteiger partial charge in [0.05, 0.1) is 5.92 Å². The first kappa shape index (κ1) is 14.4. The Bertz CT molecular complexity index is 463. The van der Waals surface area contributed by atoms with Gasteiger partial charge < -0.3 is 10.2 Å². The van der Waals surface area contributed by atoms with E-state index in [0.717, 1.165) is 32.5 Å². The predicted octanol–water partition coefficient (Wildman–Crippen LogP) is 1.96. The summed E-state index contributed by atoms with van der Waals surface area (Å²) in [4.78, 5) is 14.7. The summed E-state index contributed by atoms with van der Waals surface area (Å²) in [6, 6.07) is 8.71. The van der Waals surface area contributed by atoms with Gasteiger partial charge in [-0.15, -0.1) is 12.4 Å². The molecule has 3 rings (SSSR count). The molecule has 104 valence electrons. The van der Waals surface area contributed by atoms with E-state index in [1.807, 2.05) is 6.07 Å². The first-order chi connectivity index (χ1) is 8.77. The van der Waals surface area contributed by atoms with Crippen molar-refractivity contribution in [2.75, 3.05) is 19.6 Å². The first-order valence-corrected chi connectivity index (χ1v) is 6.86. The van der Waals surface area contributed by atoms with E-state index in [0.29, 0.717) is 11.9 Å². The molecule has 19 heavy (non-hydrogen) atoms. The van der Waals surface area contributed by atoms with Crippen molar-refractivity contribution in [3.8, 4) is 0 Å². The predicted molar refractivity (Wildman–Crippen MR) is 78.8 cm³/mol. The third-order valence-electron chi connectivity index (χ3n) is 4.22. The molecular formula is C15H21ClN2O. The van der Waals surface area contributed by atoms with Gasteiger partial charge in [-0.2, -0.15) is 0 Å². The summed E-state index contributed by atoms with van der Waals surface area (Å²) in [5.74, 6) is 0.427. The van der Waals surface area contributed by atoms with Crippen LogP contribution in [0.15, 0.2) is 24.3 Å². The van der Waals surface area contributed by atoms with Crippen LogP contribution < -0.4 is 5.32 Å². The van der Waals surface area contributed by atoms with Crippen molar-refractivity contribution in [1.82, 2.24) is 10.2 Å². The number of benzene rings is 1. The lowest BCUT2D eigenvalue weighted by Gasteiger charge is -2.35. The smallest absolute Gasteiger partial charge is 0.230 e. The zero-order valence-corrected chi connectivity index (χ0v) is 12.1. The van der Waals surface area contributed by atoms with E-state index in [4.69, 9.17) is 0 Å². The fourth-order valence-electron chi connectivity index (χ4n) is 3.18. The monoisotopic (exact) mass is 280 g/mol. The van der Waals surface area contributed by atoms with Crippen LogP contribution in [0.2, 0.25) is 0 Å². The third-order valence-corrected chi connectivity index (χ3v) is 4.22. The number of fused-ring (bicyclic) bond motifs is 1. The Hall–Kier alpha value is -1.06. The maximum atomic E-state index is 12.7. The van der Waals surface area contributed by atoms with Gasteiger partial charge in [0.15, 0.2) is 0 Å². The molecule has 1 N–H and O–H groups in total. The van der Waals surface area contributed by atoms with Gasteiger partial charge >= 0.3 is 0 Å². The highest BCUT2D eigenvalue weighted by atomic mass is 35.5. The Morgan fingerprint density at radius 3 is 2.95 bits per heavy atom. The number of nitrogens with zero attached hydrogens (tertiary/aromatic N) is 1. The number of carbonyl (C=O) groups is 1. The summed E-state index contributed by atoms with van der Waals surface area (Å²) < 4.78 is 0. The fraction of sp³-hybridized carbons (Fsp3) is 0.533. The van der Waals surface area contributed by atoms with E-state index in [1.54, 1.807) is 0 Å². The molecule has 0 spiro atoms. The van der Waals surface area contributed by atoms with E-state index in [2.05, 4.69) is 35.3 Å². The van der Waals surface area contributed by atoms with E-state index >= 15 is 0 Å². The lowest BCUT2D eigenvalue weighted by molar-refractivity contribution is -0.135. The van der Waals surface area contributed by atoms with E-state index in [1.165, 1.54) is 11.1 Å². The van der Waals surface area contributed by atoms with Gasteiger partial charge in [-0.3, -0.25) is 4.79 Å². The number of amides is 1. The highest BCUT2D eigenvalue weighted by Gasteiger charge is 2.33. The van der Waals surface area contributed by atoms with Crippen LogP contribution in [0.25, 0.3) is 0 Å². The number of rotatable bonds is 1. The standard InChI is InChI=1S/C15H20N2O.ClH/c1-11-10-16-8-9-17(11)15(18)14-7-6-12-4-2-3-5-13(12)14;/h2-5,11,14,16H,6-10H2,1H3;1H/t11-,14?;/m1./s1. The van der Waals surface area contributed by atoms with Crippen LogP contribution in [0.3, 0.4) is 0 Å². The van der Waals surface area contributed by atoms with Crippen molar-refractivity contribution < 1.29 is 4.79 Å². The summed E-state index contributed by atoms with van der Waals surface area (Å²) in [7, 11) is 0. The maximum absolute atomic E-state index is 12.7. The molecule has 0 bridgehead atoms. The molecule has 3 nitrogen and oxygen atoms in total. The van der Waals surface area contributed by atoms with Crippen LogP contribution in [-0.4, -0.2) is 36.5 Å². The normalized spacial score (nSPS) is 25.6. The molecule has 0 radical (unpaired) electrons. The summed E-state index contributed by atoms with van der Waals surface area (Å²) in [5, 5.41) is 3.34. The Balaban J connectivity index is 0.00000133. The van der Waals surface area contributed by atoms with Gasteiger partial charge in [0.25, 0.3) is 0 Å². The van der Waals surface area contributed by atoms with E-state index in [-0.39, 0.29) is 18.3 Å². The number of halogens is 1. The first-order valence-electron chi connectivity index (χ1n) is 6.86. The largest absolute Gasteiger partial charge is 0.337 e. The van der Waals surface area contributed by atoms with Gasteiger partial charge in [-0.25, -0.2) is 0 Å². The zero-order valence-electron chi connectivity index (χ0n) is 11.3. The lowest BCUT2D eigenvalue weighted by atomic mass is 9.98. The molecule has 1 heterocycles. The van der Waals surface area contributed by atoms with Crippen LogP contribution in [0.1, 0.15) is 30.4 Å².